The standard InChI is InChI=1S/C11H9BrClNO2/c1-6(15)11-5-10(14-16-11)7-2-3-9(13)8(12)4-7/h2-6,15H,1H3. The van der Waals surface area contributed by atoms with Crippen LogP contribution in [-0.2, 0) is 0 Å². The lowest BCUT2D eigenvalue weighted by molar-refractivity contribution is 0.158. The highest BCUT2D eigenvalue weighted by Crippen LogP contribution is 2.29. The Hall–Kier alpha value is -0.840. The van der Waals surface area contributed by atoms with Gasteiger partial charge in [-0.05, 0) is 35.0 Å². The van der Waals surface area contributed by atoms with Crippen LogP contribution in [0.5, 0.6) is 0 Å². The van der Waals surface area contributed by atoms with E-state index in [0.29, 0.717) is 16.5 Å². The highest BCUT2D eigenvalue weighted by Gasteiger charge is 2.11. The quantitative estimate of drug-likeness (QED) is 0.917. The molecule has 0 amide bonds. The molecule has 84 valence electrons. The van der Waals surface area contributed by atoms with Crippen LogP contribution in [0, 0.1) is 0 Å². The molecule has 16 heavy (non-hydrogen) atoms. The number of benzene rings is 1. The van der Waals surface area contributed by atoms with Crippen LogP contribution in [0.4, 0.5) is 0 Å². The maximum absolute atomic E-state index is 9.32. The maximum atomic E-state index is 9.32. The number of hydrogen-bond donors (Lipinski definition) is 1. The third-order valence-corrected chi connectivity index (χ3v) is 3.37. The van der Waals surface area contributed by atoms with E-state index in [9.17, 15) is 5.11 Å². The molecule has 1 N–H and O–H groups in total. The van der Waals surface area contributed by atoms with Crippen molar-refractivity contribution in [3.63, 3.8) is 0 Å². The van der Waals surface area contributed by atoms with Crippen molar-refractivity contribution in [1.29, 1.82) is 0 Å². The molecule has 0 bridgehead atoms. The predicted molar refractivity (Wildman–Crippen MR) is 65.3 cm³/mol. The first-order valence-electron chi connectivity index (χ1n) is 4.68. The first kappa shape index (κ1) is 11.6. The summed E-state index contributed by atoms with van der Waals surface area (Å²) in [6, 6.07) is 7.18. The van der Waals surface area contributed by atoms with Crippen LogP contribution in [0.1, 0.15) is 18.8 Å². The van der Waals surface area contributed by atoms with Gasteiger partial charge in [-0.1, -0.05) is 22.8 Å². The summed E-state index contributed by atoms with van der Waals surface area (Å²) in [5, 5.41) is 13.8. The summed E-state index contributed by atoms with van der Waals surface area (Å²) in [4.78, 5) is 0. The zero-order chi connectivity index (χ0) is 11.7. The number of aromatic nitrogens is 1. The molecule has 1 aromatic heterocycles. The molecule has 0 aliphatic heterocycles. The van der Waals surface area contributed by atoms with Crippen LogP contribution >= 0.6 is 27.5 Å². The second-order valence-electron chi connectivity index (χ2n) is 3.42. The van der Waals surface area contributed by atoms with Gasteiger partial charge in [0, 0.05) is 16.1 Å². The fraction of sp³-hybridized carbons (Fsp3) is 0.182. The monoisotopic (exact) mass is 301 g/mol. The summed E-state index contributed by atoms with van der Waals surface area (Å²) in [5.74, 6) is 0.445. The Morgan fingerprint density at radius 3 is 2.75 bits per heavy atom. The topological polar surface area (TPSA) is 46.3 Å². The molecule has 0 saturated heterocycles. The normalized spacial score (nSPS) is 12.8. The average molecular weight is 303 g/mol. The van der Waals surface area contributed by atoms with Crippen molar-refractivity contribution >= 4 is 27.5 Å². The van der Waals surface area contributed by atoms with Gasteiger partial charge >= 0.3 is 0 Å². The van der Waals surface area contributed by atoms with Crippen molar-refractivity contribution in [3.8, 4) is 11.3 Å². The van der Waals surface area contributed by atoms with Crippen LogP contribution < -0.4 is 0 Å². The Labute approximate surface area is 106 Å². The molecule has 0 radical (unpaired) electrons. The zero-order valence-electron chi connectivity index (χ0n) is 8.45. The average Bonchev–Trinajstić information content (AvgIpc) is 2.71. The molecule has 2 rings (SSSR count). The van der Waals surface area contributed by atoms with Gasteiger partial charge in [0.05, 0.1) is 5.02 Å². The number of nitrogens with zero attached hydrogens (tertiary/aromatic N) is 1. The van der Waals surface area contributed by atoms with Gasteiger partial charge in [-0.25, -0.2) is 0 Å². The fourth-order valence-corrected chi connectivity index (χ4v) is 1.77. The van der Waals surface area contributed by atoms with E-state index < -0.39 is 6.10 Å². The molecule has 1 atom stereocenters. The van der Waals surface area contributed by atoms with Crippen molar-refractivity contribution < 1.29 is 9.63 Å². The number of aliphatic hydroxyl groups excluding tert-OH is 1. The third-order valence-electron chi connectivity index (χ3n) is 2.16. The second-order valence-corrected chi connectivity index (χ2v) is 4.68. The van der Waals surface area contributed by atoms with Gasteiger partial charge in [0.2, 0.25) is 0 Å². The summed E-state index contributed by atoms with van der Waals surface area (Å²) in [6.07, 6.45) is -0.656. The Morgan fingerprint density at radius 1 is 1.44 bits per heavy atom. The van der Waals surface area contributed by atoms with E-state index in [4.69, 9.17) is 16.1 Å². The van der Waals surface area contributed by atoms with Gasteiger partial charge < -0.3 is 9.63 Å². The third kappa shape index (κ3) is 2.29. The van der Waals surface area contributed by atoms with Crippen LogP contribution in [0.3, 0.4) is 0 Å². The second kappa shape index (κ2) is 4.57. The Balaban J connectivity index is 2.39. The number of aliphatic hydroxyl groups is 1. The minimum Gasteiger partial charge on any atom is -0.385 e. The van der Waals surface area contributed by atoms with E-state index in [1.54, 1.807) is 19.1 Å². The first-order chi connectivity index (χ1) is 7.58. The minimum atomic E-state index is -0.656. The number of hydrogen-bond acceptors (Lipinski definition) is 3. The zero-order valence-corrected chi connectivity index (χ0v) is 10.8. The molecule has 5 heteroatoms. The van der Waals surface area contributed by atoms with Crippen molar-refractivity contribution in [2.45, 2.75) is 13.0 Å². The highest BCUT2D eigenvalue weighted by molar-refractivity contribution is 9.10. The Bertz CT molecular complexity index is 510. The van der Waals surface area contributed by atoms with Gasteiger partial charge in [-0.2, -0.15) is 0 Å². The summed E-state index contributed by atoms with van der Waals surface area (Å²) >= 11 is 9.23. The molecule has 3 nitrogen and oxygen atoms in total. The van der Waals surface area contributed by atoms with Crippen LogP contribution in [0.15, 0.2) is 33.3 Å². The Kier molecular flexibility index (Phi) is 3.33. The molecule has 0 spiro atoms. The summed E-state index contributed by atoms with van der Waals surface area (Å²) in [6.45, 7) is 1.63. The van der Waals surface area contributed by atoms with Crippen molar-refractivity contribution in [3.05, 3.63) is 39.5 Å². The molecule has 0 aliphatic rings. The maximum Gasteiger partial charge on any atom is 0.165 e. The van der Waals surface area contributed by atoms with E-state index in [-0.39, 0.29) is 0 Å². The number of rotatable bonds is 2. The molecule has 2 aromatic rings. The number of halogens is 2. The molecule has 1 heterocycles. The largest absolute Gasteiger partial charge is 0.385 e. The predicted octanol–water partition coefficient (Wildman–Crippen LogP) is 3.81. The fourth-order valence-electron chi connectivity index (χ4n) is 1.28. The summed E-state index contributed by atoms with van der Waals surface area (Å²) < 4.78 is 5.80. The van der Waals surface area contributed by atoms with E-state index in [1.165, 1.54) is 0 Å². The first-order valence-corrected chi connectivity index (χ1v) is 5.85. The molecular weight excluding hydrogens is 293 g/mol. The van der Waals surface area contributed by atoms with Crippen LogP contribution in [0.25, 0.3) is 11.3 Å². The SMILES string of the molecule is CC(O)c1cc(-c2ccc(Cl)c(Br)c2)no1. The van der Waals surface area contributed by atoms with Crippen LogP contribution in [-0.4, -0.2) is 10.3 Å². The molecule has 1 unspecified atom stereocenters. The van der Waals surface area contributed by atoms with Crippen molar-refractivity contribution in [2.24, 2.45) is 0 Å². The lowest BCUT2D eigenvalue weighted by Crippen LogP contribution is -1.85. The van der Waals surface area contributed by atoms with E-state index in [0.717, 1.165) is 10.0 Å². The Morgan fingerprint density at radius 2 is 2.19 bits per heavy atom. The lowest BCUT2D eigenvalue weighted by atomic mass is 10.1. The lowest BCUT2D eigenvalue weighted by Gasteiger charge is -1.98. The van der Waals surface area contributed by atoms with Gasteiger partial charge in [-0.15, -0.1) is 0 Å². The molecule has 0 aliphatic carbocycles. The van der Waals surface area contributed by atoms with Gasteiger partial charge in [0.25, 0.3) is 0 Å². The molecule has 0 saturated carbocycles. The van der Waals surface area contributed by atoms with E-state index in [2.05, 4.69) is 21.1 Å². The minimum absolute atomic E-state index is 0.445. The van der Waals surface area contributed by atoms with E-state index >= 15 is 0 Å². The van der Waals surface area contributed by atoms with Crippen LogP contribution in [0.2, 0.25) is 5.02 Å². The van der Waals surface area contributed by atoms with Crippen molar-refractivity contribution in [2.75, 3.05) is 0 Å². The van der Waals surface area contributed by atoms with Gasteiger partial charge in [0.15, 0.2) is 5.76 Å². The highest BCUT2D eigenvalue weighted by atomic mass is 79.9. The van der Waals surface area contributed by atoms with Gasteiger partial charge in [-0.3, -0.25) is 0 Å². The molecule has 0 fully saturated rings. The molecular formula is C11H9BrClNO2. The van der Waals surface area contributed by atoms with Gasteiger partial charge in [0.1, 0.15) is 11.8 Å². The smallest absolute Gasteiger partial charge is 0.165 e. The summed E-state index contributed by atoms with van der Waals surface area (Å²) in [7, 11) is 0. The summed E-state index contributed by atoms with van der Waals surface area (Å²) in [5.41, 5.74) is 1.56. The van der Waals surface area contributed by atoms with Crippen molar-refractivity contribution in [1.82, 2.24) is 5.16 Å². The molecule has 1 aromatic carbocycles. The van der Waals surface area contributed by atoms with E-state index in [1.807, 2.05) is 12.1 Å².